The molecule has 3 heteroatoms. The van der Waals surface area contributed by atoms with Crippen molar-refractivity contribution in [2.45, 2.75) is 19.9 Å². The van der Waals surface area contributed by atoms with E-state index >= 15 is 0 Å². The van der Waals surface area contributed by atoms with Crippen molar-refractivity contribution in [3.8, 4) is 0 Å². The van der Waals surface area contributed by atoms with E-state index in [1.54, 1.807) is 30.5 Å². The number of carbonyl (C=O) groups excluding carboxylic acids is 1. The first kappa shape index (κ1) is 14.5. The Bertz CT molecular complexity index is 600. The number of halogens is 1. The Kier molecular flexibility index (Phi) is 5.08. The monoisotopic (exact) mass is 285 g/mol. The summed E-state index contributed by atoms with van der Waals surface area (Å²) in [6.07, 6.45) is 1.99. The predicted octanol–water partition coefficient (Wildman–Crippen LogP) is 4.49. The van der Waals surface area contributed by atoms with Gasteiger partial charge < -0.3 is 0 Å². The molecule has 2 aromatic carbocycles. The fourth-order valence-corrected chi connectivity index (χ4v) is 1.89. The van der Waals surface area contributed by atoms with Crippen molar-refractivity contribution < 1.29 is 4.79 Å². The van der Waals surface area contributed by atoms with Crippen molar-refractivity contribution in [3.05, 3.63) is 70.2 Å². The number of carbonyl (C=O) groups is 1. The normalized spacial score (nSPS) is 10.9. The van der Waals surface area contributed by atoms with Crippen LogP contribution < -0.4 is 0 Å². The SMILES string of the molecule is Cc1ccc(CN=CCC(=O)c2ccc(Cl)cc2)cc1. The van der Waals surface area contributed by atoms with E-state index in [9.17, 15) is 4.79 Å². The number of benzene rings is 2. The summed E-state index contributed by atoms with van der Waals surface area (Å²) in [5.41, 5.74) is 3.04. The smallest absolute Gasteiger partial charge is 0.168 e. The summed E-state index contributed by atoms with van der Waals surface area (Å²) in [5.74, 6) is 0.0503. The average Bonchev–Trinajstić information content (AvgIpc) is 2.46. The third-order valence-electron chi connectivity index (χ3n) is 2.97. The molecule has 0 bridgehead atoms. The summed E-state index contributed by atoms with van der Waals surface area (Å²) in [7, 11) is 0. The standard InChI is InChI=1S/C17H16ClNO/c1-13-2-4-14(5-3-13)12-19-11-10-17(20)15-6-8-16(18)9-7-15/h2-9,11H,10,12H2,1H3. The molecule has 0 saturated carbocycles. The van der Waals surface area contributed by atoms with E-state index in [4.69, 9.17) is 11.6 Å². The minimum Gasteiger partial charge on any atom is -0.294 e. The third kappa shape index (κ3) is 4.32. The molecule has 0 saturated heterocycles. The van der Waals surface area contributed by atoms with E-state index in [-0.39, 0.29) is 5.78 Å². The van der Waals surface area contributed by atoms with Crippen molar-refractivity contribution in [2.75, 3.05) is 0 Å². The van der Waals surface area contributed by atoms with Crippen LogP contribution in [-0.4, -0.2) is 12.0 Å². The number of hydrogen-bond donors (Lipinski definition) is 0. The lowest BCUT2D eigenvalue weighted by atomic mass is 10.1. The highest BCUT2D eigenvalue weighted by Crippen LogP contribution is 2.11. The van der Waals surface area contributed by atoms with Crippen LogP contribution in [0.1, 0.15) is 27.9 Å². The van der Waals surface area contributed by atoms with Gasteiger partial charge in [0, 0.05) is 23.2 Å². The highest BCUT2D eigenvalue weighted by atomic mass is 35.5. The highest BCUT2D eigenvalue weighted by Gasteiger charge is 2.03. The molecular weight excluding hydrogens is 270 g/mol. The highest BCUT2D eigenvalue weighted by molar-refractivity contribution is 6.30. The Morgan fingerprint density at radius 2 is 1.75 bits per heavy atom. The van der Waals surface area contributed by atoms with Gasteiger partial charge in [-0.25, -0.2) is 0 Å². The second-order valence-corrected chi connectivity index (χ2v) is 5.08. The zero-order valence-electron chi connectivity index (χ0n) is 11.3. The molecule has 0 unspecified atom stereocenters. The summed E-state index contributed by atoms with van der Waals surface area (Å²) >= 11 is 5.78. The van der Waals surface area contributed by atoms with Crippen LogP contribution in [0, 0.1) is 6.92 Å². The lowest BCUT2D eigenvalue weighted by molar-refractivity contribution is 0.100. The van der Waals surface area contributed by atoms with Gasteiger partial charge in [-0.3, -0.25) is 9.79 Å². The molecule has 0 amide bonds. The molecule has 0 aromatic heterocycles. The molecule has 0 radical (unpaired) electrons. The zero-order chi connectivity index (χ0) is 14.4. The fraction of sp³-hybridized carbons (Fsp3) is 0.176. The van der Waals surface area contributed by atoms with Gasteiger partial charge in [0.1, 0.15) is 0 Å². The molecule has 0 aliphatic carbocycles. The molecule has 0 aliphatic heterocycles. The molecule has 0 spiro atoms. The van der Waals surface area contributed by atoms with Crippen LogP contribution in [-0.2, 0) is 6.54 Å². The second-order valence-electron chi connectivity index (χ2n) is 4.64. The Morgan fingerprint density at radius 3 is 2.40 bits per heavy atom. The molecule has 0 N–H and O–H groups in total. The van der Waals surface area contributed by atoms with Crippen LogP contribution in [0.2, 0.25) is 5.02 Å². The number of aryl methyl sites for hydroxylation is 1. The van der Waals surface area contributed by atoms with Crippen molar-refractivity contribution in [2.24, 2.45) is 4.99 Å². The van der Waals surface area contributed by atoms with Gasteiger partial charge >= 0.3 is 0 Å². The predicted molar refractivity (Wildman–Crippen MR) is 83.8 cm³/mol. The summed E-state index contributed by atoms with van der Waals surface area (Å²) in [6, 6.07) is 15.1. The van der Waals surface area contributed by atoms with E-state index in [1.807, 2.05) is 12.1 Å². The maximum atomic E-state index is 11.9. The summed E-state index contributed by atoms with van der Waals surface area (Å²) in [6.45, 7) is 2.66. The van der Waals surface area contributed by atoms with Crippen molar-refractivity contribution in [1.29, 1.82) is 0 Å². The molecule has 0 fully saturated rings. The van der Waals surface area contributed by atoms with Gasteiger partial charge in [-0.1, -0.05) is 41.4 Å². The van der Waals surface area contributed by atoms with Gasteiger partial charge in [0.2, 0.25) is 0 Å². The van der Waals surface area contributed by atoms with Crippen molar-refractivity contribution in [1.82, 2.24) is 0 Å². The molecule has 2 nitrogen and oxygen atoms in total. The van der Waals surface area contributed by atoms with Crippen LogP contribution in [0.25, 0.3) is 0 Å². The van der Waals surface area contributed by atoms with Crippen LogP contribution >= 0.6 is 11.6 Å². The molecule has 0 heterocycles. The van der Waals surface area contributed by atoms with Gasteiger partial charge in [-0.05, 0) is 36.8 Å². The topological polar surface area (TPSA) is 29.4 Å². The van der Waals surface area contributed by atoms with Crippen LogP contribution in [0.5, 0.6) is 0 Å². The Balaban J connectivity index is 1.85. The first-order chi connectivity index (χ1) is 9.65. The van der Waals surface area contributed by atoms with Gasteiger partial charge in [0.15, 0.2) is 5.78 Å². The van der Waals surface area contributed by atoms with E-state index in [0.29, 0.717) is 23.6 Å². The second kappa shape index (κ2) is 7.01. The molecule has 102 valence electrons. The molecule has 2 aromatic rings. The molecule has 2 rings (SSSR count). The first-order valence-corrected chi connectivity index (χ1v) is 6.85. The van der Waals surface area contributed by atoms with Crippen molar-refractivity contribution >= 4 is 23.6 Å². The third-order valence-corrected chi connectivity index (χ3v) is 3.22. The fourth-order valence-electron chi connectivity index (χ4n) is 1.76. The number of rotatable bonds is 5. The Labute approximate surface area is 124 Å². The molecule has 20 heavy (non-hydrogen) atoms. The summed E-state index contributed by atoms with van der Waals surface area (Å²) in [5, 5.41) is 0.634. The Morgan fingerprint density at radius 1 is 1.10 bits per heavy atom. The summed E-state index contributed by atoms with van der Waals surface area (Å²) in [4.78, 5) is 16.2. The van der Waals surface area contributed by atoms with Crippen molar-refractivity contribution in [3.63, 3.8) is 0 Å². The lowest BCUT2D eigenvalue weighted by Gasteiger charge is -1.98. The minimum atomic E-state index is 0.0503. The van der Waals surface area contributed by atoms with E-state index in [0.717, 1.165) is 5.56 Å². The number of nitrogens with zero attached hydrogens (tertiary/aromatic N) is 1. The Hall–Kier alpha value is -1.93. The van der Waals surface area contributed by atoms with E-state index < -0.39 is 0 Å². The van der Waals surface area contributed by atoms with E-state index in [1.165, 1.54) is 5.56 Å². The largest absolute Gasteiger partial charge is 0.294 e. The number of hydrogen-bond acceptors (Lipinski definition) is 2. The van der Waals surface area contributed by atoms with Crippen LogP contribution in [0.15, 0.2) is 53.5 Å². The van der Waals surface area contributed by atoms with Crippen LogP contribution in [0.4, 0.5) is 0 Å². The minimum absolute atomic E-state index is 0.0503. The lowest BCUT2D eigenvalue weighted by Crippen LogP contribution is -1.99. The van der Waals surface area contributed by atoms with Gasteiger partial charge in [0.05, 0.1) is 6.54 Å². The van der Waals surface area contributed by atoms with E-state index in [2.05, 4.69) is 24.0 Å². The summed E-state index contributed by atoms with van der Waals surface area (Å²) < 4.78 is 0. The van der Waals surface area contributed by atoms with Crippen LogP contribution in [0.3, 0.4) is 0 Å². The average molecular weight is 286 g/mol. The molecule has 0 aliphatic rings. The first-order valence-electron chi connectivity index (χ1n) is 6.48. The number of aliphatic imine (C=N–C) groups is 1. The number of ketones is 1. The molecule has 0 atom stereocenters. The maximum Gasteiger partial charge on any atom is 0.168 e. The van der Waals surface area contributed by atoms with Gasteiger partial charge in [-0.2, -0.15) is 0 Å². The van der Waals surface area contributed by atoms with Gasteiger partial charge in [0.25, 0.3) is 0 Å². The molecular formula is C17H16ClNO. The van der Waals surface area contributed by atoms with Gasteiger partial charge in [-0.15, -0.1) is 0 Å². The zero-order valence-corrected chi connectivity index (χ0v) is 12.1. The number of Topliss-reactive ketones (excluding diaryl/α,β-unsaturated/α-hetero) is 1. The quantitative estimate of drug-likeness (QED) is 0.588. The maximum absolute atomic E-state index is 11.9.